The summed E-state index contributed by atoms with van der Waals surface area (Å²) in [6.07, 6.45) is -4.57. The number of rotatable bonds is 3. The summed E-state index contributed by atoms with van der Waals surface area (Å²) >= 11 is 0. The Labute approximate surface area is 141 Å². The molecule has 0 aliphatic carbocycles. The van der Waals surface area contributed by atoms with Gasteiger partial charge in [-0.3, -0.25) is 9.59 Å². The van der Waals surface area contributed by atoms with Gasteiger partial charge < -0.3 is 5.32 Å². The Kier molecular flexibility index (Phi) is 3.99. The van der Waals surface area contributed by atoms with Crippen LogP contribution in [0.15, 0.2) is 52.1 Å². The van der Waals surface area contributed by atoms with Crippen LogP contribution in [0.5, 0.6) is 0 Å². The van der Waals surface area contributed by atoms with Gasteiger partial charge in [0.2, 0.25) is 5.43 Å². The molecule has 0 amide bonds. The molecule has 0 spiro atoms. The Bertz CT molecular complexity index is 1030. The minimum atomic E-state index is -4.57. The molecule has 0 aliphatic heterocycles. The second-order valence-corrected chi connectivity index (χ2v) is 5.88. The van der Waals surface area contributed by atoms with E-state index in [9.17, 15) is 22.8 Å². The molecule has 3 nitrogen and oxygen atoms in total. The Morgan fingerprint density at radius 1 is 0.880 bits per heavy atom. The normalized spacial score (nSPS) is 11.7. The van der Waals surface area contributed by atoms with E-state index in [4.69, 9.17) is 0 Å². The van der Waals surface area contributed by atoms with E-state index in [1.165, 1.54) is 18.2 Å². The molecule has 1 N–H and O–H groups in total. The molecule has 0 atom stereocenters. The van der Waals surface area contributed by atoms with Crippen molar-refractivity contribution < 1.29 is 13.2 Å². The highest BCUT2D eigenvalue weighted by Crippen LogP contribution is 2.37. The number of hydrogen-bond donors (Lipinski definition) is 1. The molecule has 3 aromatic carbocycles. The second kappa shape index (κ2) is 5.88. The number of alkyl halides is 3. The van der Waals surface area contributed by atoms with Crippen LogP contribution in [0.3, 0.4) is 0 Å². The van der Waals surface area contributed by atoms with Crippen LogP contribution in [-0.2, 0) is 6.18 Å². The zero-order chi connectivity index (χ0) is 18.4. The van der Waals surface area contributed by atoms with E-state index in [1.807, 2.05) is 13.8 Å². The second-order valence-electron chi connectivity index (χ2n) is 5.88. The summed E-state index contributed by atoms with van der Waals surface area (Å²) in [5.74, 6) is 0. The lowest BCUT2D eigenvalue weighted by Gasteiger charge is -2.18. The molecule has 0 fully saturated rings. The average molecular weight is 345 g/mol. The van der Waals surface area contributed by atoms with Crippen LogP contribution >= 0.6 is 0 Å². The third-order valence-corrected chi connectivity index (χ3v) is 4.20. The summed E-state index contributed by atoms with van der Waals surface area (Å²) in [5, 5.41) is 2.51. The first-order valence-electron chi connectivity index (χ1n) is 7.54. The lowest BCUT2D eigenvalue weighted by molar-refractivity contribution is -0.136. The van der Waals surface area contributed by atoms with Crippen molar-refractivity contribution >= 4 is 11.4 Å². The Balaban J connectivity index is 2.07. The van der Waals surface area contributed by atoms with Gasteiger partial charge in [-0.25, -0.2) is 0 Å². The van der Waals surface area contributed by atoms with E-state index in [2.05, 4.69) is 5.32 Å². The molecule has 0 saturated carbocycles. The number of anilines is 2. The van der Waals surface area contributed by atoms with Crippen molar-refractivity contribution in [2.45, 2.75) is 20.0 Å². The third-order valence-electron chi connectivity index (χ3n) is 4.20. The highest BCUT2D eigenvalue weighted by molar-refractivity contribution is 5.85. The van der Waals surface area contributed by atoms with Gasteiger partial charge in [-0.05, 0) is 42.7 Å². The van der Waals surface area contributed by atoms with Crippen LogP contribution in [0.4, 0.5) is 24.5 Å². The Morgan fingerprint density at radius 3 is 2.20 bits per heavy atom. The predicted molar refractivity (Wildman–Crippen MR) is 91.0 cm³/mol. The molecule has 0 unspecified atom stereocenters. The molecule has 0 heterocycles. The molecule has 0 radical (unpaired) electrons. The van der Waals surface area contributed by atoms with Crippen molar-refractivity contribution in [3.8, 4) is 11.1 Å². The molecule has 0 aliphatic rings. The Morgan fingerprint density at radius 2 is 1.56 bits per heavy atom. The predicted octanol–water partition coefficient (Wildman–Crippen LogP) is 4.33. The fourth-order valence-corrected chi connectivity index (χ4v) is 2.66. The van der Waals surface area contributed by atoms with E-state index in [0.29, 0.717) is 5.56 Å². The number of benzene rings is 2. The molecule has 25 heavy (non-hydrogen) atoms. The van der Waals surface area contributed by atoms with E-state index in [0.717, 1.165) is 17.2 Å². The number of hydrogen-bond acceptors (Lipinski definition) is 3. The zero-order valence-electron chi connectivity index (χ0n) is 13.5. The molecular formula is C19H14F3NO2. The van der Waals surface area contributed by atoms with Crippen molar-refractivity contribution in [2.75, 3.05) is 5.32 Å². The standard InChI is InChI=1S/C19H14F3NO2/c1-10-7-8-12(9-11(10)2)15-16(18(25)17(15)24)23-14-6-4-3-5-13(14)19(20,21)22/h3-9,23H,1-2H3. The monoisotopic (exact) mass is 345 g/mol. The maximum atomic E-state index is 13.1. The first-order valence-corrected chi connectivity index (χ1v) is 7.54. The summed E-state index contributed by atoms with van der Waals surface area (Å²) in [5.41, 5.74) is -0.206. The largest absolute Gasteiger partial charge is 0.418 e. The van der Waals surface area contributed by atoms with Crippen molar-refractivity contribution in [3.63, 3.8) is 0 Å². The van der Waals surface area contributed by atoms with Gasteiger partial charge in [0.05, 0.1) is 16.8 Å². The van der Waals surface area contributed by atoms with E-state index in [-0.39, 0.29) is 16.9 Å². The third kappa shape index (κ3) is 2.95. The Hall–Kier alpha value is -2.89. The number of halogens is 3. The minimum absolute atomic E-state index is 0.107. The summed E-state index contributed by atoms with van der Waals surface area (Å²) in [7, 11) is 0. The summed E-state index contributed by atoms with van der Waals surface area (Å²) < 4.78 is 39.3. The van der Waals surface area contributed by atoms with Crippen molar-refractivity contribution in [3.05, 3.63) is 79.6 Å². The molecule has 3 aromatic rings. The van der Waals surface area contributed by atoms with E-state index >= 15 is 0 Å². The molecule has 6 heteroatoms. The number of aryl methyl sites for hydroxylation is 2. The van der Waals surface area contributed by atoms with Crippen LogP contribution in [0.1, 0.15) is 16.7 Å². The van der Waals surface area contributed by atoms with Crippen molar-refractivity contribution in [2.24, 2.45) is 0 Å². The van der Waals surface area contributed by atoms with Crippen molar-refractivity contribution in [1.29, 1.82) is 0 Å². The quantitative estimate of drug-likeness (QED) is 0.719. The molecule has 0 aromatic heterocycles. The van der Waals surface area contributed by atoms with Crippen LogP contribution in [-0.4, -0.2) is 0 Å². The molecular weight excluding hydrogens is 331 g/mol. The maximum absolute atomic E-state index is 13.1. The summed E-state index contributed by atoms with van der Waals surface area (Å²) in [6.45, 7) is 3.76. The zero-order valence-corrected chi connectivity index (χ0v) is 13.5. The van der Waals surface area contributed by atoms with Gasteiger partial charge in [0, 0.05) is 0 Å². The van der Waals surface area contributed by atoms with Gasteiger partial charge in [-0.15, -0.1) is 0 Å². The molecule has 0 saturated heterocycles. The molecule has 128 valence electrons. The first kappa shape index (κ1) is 17.0. The minimum Gasteiger partial charge on any atom is -0.351 e. The topological polar surface area (TPSA) is 46.2 Å². The smallest absolute Gasteiger partial charge is 0.351 e. The van der Waals surface area contributed by atoms with Crippen LogP contribution in [0.2, 0.25) is 0 Å². The average Bonchev–Trinajstić information content (AvgIpc) is 2.56. The van der Waals surface area contributed by atoms with Crippen LogP contribution in [0, 0.1) is 13.8 Å². The highest BCUT2D eigenvalue weighted by atomic mass is 19.4. The summed E-state index contributed by atoms with van der Waals surface area (Å²) in [4.78, 5) is 23.9. The van der Waals surface area contributed by atoms with Gasteiger partial charge >= 0.3 is 6.18 Å². The fraction of sp³-hybridized carbons (Fsp3) is 0.158. The van der Waals surface area contributed by atoms with Gasteiger partial charge in [0.25, 0.3) is 5.43 Å². The lowest BCUT2D eigenvalue weighted by atomic mass is 9.95. The van der Waals surface area contributed by atoms with Crippen LogP contribution in [0.25, 0.3) is 11.1 Å². The van der Waals surface area contributed by atoms with E-state index < -0.39 is 22.6 Å². The lowest BCUT2D eigenvalue weighted by Crippen LogP contribution is -2.35. The van der Waals surface area contributed by atoms with Crippen LogP contribution < -0.4 is 16.2 Å². The molecule has 3 rings (SSSR count). The van der Waals surface area contributed by atoms with Gasteiger partial charge in [-0.2, -0.15) is 13.2 Å². The number of para-hydroxylation sites is 1. The fourth-order valence-electron chi connectivity index (χ4n) is 2.66. The number of nitrogens with one attached hydrogen (secondary N) is 1. The highest BCUT2D eigenvalue weighted by Gasteiger charge is 2.34. The van der Waals surface area contributed by atoms with Crippen molar-refractivity contribution in [1.82, 2.24) is 0 Å². The van der Waals surface area contributed by atoms with Gasteiger partial charge in [-0.1, -0.05) is 30.3 Å². The van der Waals surface area contributed by atoms with Gasteiger partial charge in [0.15, 0.2) is 0 Å². The maximum Gasteiger partial charge on any atom is 0.418 e. The first-order chi connectivity index (χ1) is 11.7. The van der Waals surface area contributed by atoms with E-state index in [1.54, 1.807) is 18.2 Å². The summed E-state index contributed by atoms with van der Waals surface area (Å²) in [6, 6.07) is 10.1. The van der Waals surface area contributed by atoms with Gasteiger partial charge in [0.1, 0.15) is 5.69 Å². The SMILES string of the molecule is Cc1ccc(-c2c(Nc3ccccc3C(F)(F)F)c(=O)c2=O)cc1C. The molecule has 0 bridgehead atoms.